The molecule has 0 aliphatic heterocycles. The summed E-state index contributed by atoms with van der Waals surface area (Å²) in [6, 6.07) is 68.6. The van der Waals surface area contributed by atoms with E-state index in [2.05, 4.69) is 188 Å². The Morgan fingerprint density at radius 1 is 0.304 bits per heavy atom. The summed E-state index contributed by atoms with van der Waals surface area (Å²) in [5.74, 6) is 0.734. The summed E-state index contributed by atoms with van der Waals surface area (Å²) in [6.07, 6.45) is 2.00. The van der Waals surface area contributed by atoms with Crippen LogP contribution in [0.15, 0.2) is 194 Å². The fourth-order valence-corrected chi connectivity index (χ4v) is 9.19. The van der Waals surface area contributed by atoms with Gasteiger partial charge in [-0.05, 0) is 117 Å². The molecule has 1 aliphatic rings. The lowest BCUT2D eigenvalue weighted by atomic mass is 9.84. The summed E-state index contributed by atoms with van der Waals surface area (Å²) in [7, 11) is 0. The first-order valence-corrected chi connectivity index (χ1v) is 19.2. The Bertz CT molecular complexity index is 3430. The van der Waals surface area contributed by atoms with Crippen LogP contribution >= 0.6 is 0 Å². The number of nitrogens with zero attached hydrogens (tertiary/aromatic N) is 2. The van der Waals surface area contributed by atoms with Crippen LogP contribution in [0.2, 0.25) is 0 Å². The molecule has 0 unspecified atom stereocenters. The van der Waals surface area contributed by atoms with Crippen LogP contribution in [0, 0.1) is 0 Å². The van der Waals surface area contributed by atoms with Crippen molar-refractivity contribution in [2.75, 3.05) is 0 Å². The second-order valence-corrected chi connectivity index (χ2v) is 14.9. The SMILES string of the molecule is c1cc(-c2ccc3c(-c4ccc5ccccc5c4)c4ccccc4c(-c4ccc5ccccc5c4)c3c2)cc(-c2ncc3c(n2)-c2cccc4cccc-3c24)c1. The Morgan fingerprint density at radius 2 is 0.839 bits per heavy atom. The maximum atomic E-state index is 5.22. The molecule has 11 aromatic rings. The van der Waals surface area contributed by atoms with Crippen molar-refractivity contribution in [2.24, 2.45) is 0 Å². The van der Waals surface area contributed by atoms with Crippen molar-refractivity contribution in [1.82, 2.24) is 9.97 Å². The first-order chi connectivity index (χ1) is 27.7. The van der Waals surface area contributed by atoms with E-state index < -0.39 is 0 Å². The van der Waals surface area contributed by atoms with Gasteiger partial charge in [-0.15, -0.1) is 0 Å². The maximum Gasteiger partial charge on any atom is 0.159 e. The zero-order valence-electron chi connectivity index (χ0n) is 30.4. The fraction of sp³-hybridized carbons (Fsp3) is 0. The third kappa shape index (κ3) is 4.69. The Kier molecular flexibility index (Phi) is 6.66. The van der Waals surface area contributed by atoms with E-state index >= 15 is 0 Å². The lowest BCUT2D eigenvalue weighted by molar-refractivity contribution is 1.19. The van der Waals surface area contributed by atoms with E-state index in [0.29, 0.717) is 0 Å². The van der Waals surface area contributed by atoms with Crippen molar-refractivity contribution in [3.8, 4) is 67.2 Å². The molecule has 0 saturated heterocycles. The van der Waals surface area contributed by atoms with Gasteiger partial charge in [-0.25, -0.2) is 9.97 Å². The third-order valence-corrected chi connectivity index (χ3v) is 11.8. The highest BCUT2D eigenvalue weighted by atomic mass is 14.9. The monoisotopic (exact) mass is 708 g/mol. The molecule has 12 rings (SSSR count). The quantitative estimate of drug-likeness (QED) is 0.170. The molecule has 1 heterocycles. The summed E-state index contributed by atoms with van der Waals surface area (Å²) in [5.41, 5.74) is 12.7. The molecule has 0 atom stereocenters. The largest absolute Gasteiger partial charge is 0.236 e. The lowest BCUT2D eigenvalue weighted by Crippen LogP contribution is -1.93. The van der Waals surface area contributed by atoms with E-state index in [9.17, 15) is 0 Å². The Balaban J connectivity index is 1.07. The van der Waals surface area contributed by atoms with E-state index in [4.69, 9.17) is 9.97 Å². The molecule has 0 saturated carbocycles. The van der Waals surface area contributed by atoms with Crippen LogP contribution in [0.4, 0.5) is 0 Å². The first kappa shape index (κ1) is 31.0. The van der Waals surface area contributed by atoms with Gasteiger partial charge < -0.3 is 0 Å². The molecule has 2 heteroatoms. The molecule has 56 heavy (non-hydrogen) atoms. The van der Waals surface area contributed by atoms with Crippen LogP contribution in [0.1, 0.15) is 0 Å². The van der Waals surface area contributed by atoms with Crippen molar-refractivity contribution in [3.05, 3.63) is 194 Å². The molecule has 0 N–H and O–H groups in total. The minimum absolute atomic E-state index is 0.734. The Hall–Kier alpha value is -7.42. The van der Waals surface area contributed by atoms with Crippen LogP contribution in [0.3, 0.4) is 0 Å². The van der Waals surface area contributed by atoms with Crippen molar-refractivity contribution in [2.45, 2.75) is 0 Å². The second kappa shape index (κ2) is 12.0. The van der Waals surface area contributed by atoms with Crippen LogP contribution in [-0.4, -0.2) is 9.97 Å². The summed E-state index contributed by atoms with van der Waals surface area (Å²) < 4.78 is 0. The van der Waals surface area contributed by atoms with Gasteiger partial charge >= 0.3 is 0 Å². The molecule has 10 aromatic carbocycles. The molecule has 1 aliphatic carbocycles. The Morgan fingerprint density at radius 3 is 1.55 bits per heavy atom. The van der Waals surface area contributed by atoms with Crippen LogP contribution in [0.5, 0.6) is 0 Å². The smallest absolute Gasteiger partial charge is 0.159 e. The molecule has 1 aromatic heterocycles. The zero-order valence-corrected chi connectivity index (χ0v) is 30.4. The van der Waals surface area contributed by atoms with Gasteiger partial charge in [-0.3, -0.25) is 0 Å². The van der Waals surface area contributed by atoms with Crippen molar-refractivity contribution >= 4 is 53.9 Å². The van der Waals surface area contributed by atoms with E-state index in [0.717, 1.165) is 33.8 Å². The normalized spacial score (nSPS) is 11.9. The summed E-state index contributed by atoms with van der Waals surface area (Å²) >= 11 is 0. The summed E-state index contributed by atoms with van der Waals surface area (Å²) in [4.78, 5) is 10.2. The summed E-state index contributed by atoms with van der Waals surface area (Å²) in [5, 5.41) is 12.4. The van der Waals surface area contributed by atoms with Crippen molar-refractivity contribution in [1.29, 1.82) is 0 Å². The third-order valence-electron chi connectivity index (χ3n) is 11.8. The molecular formula is C54H32N2. The number of aromatic nitrogens is 2. The molecule has 0 radical (unpaired) electrons. The van der Waals surface area contributed by atoms with Gasteiger partial charge in [-0.1, -0.05) is 164 Å². The predicted molar refractivity (Wildman–Crippen MR) is 236 cm³/mol. The summed E-state index contributed by atoms with van der Waals surface area (Å²) in [6.45, 7) is 0. The number of hydrogen-bond donors (Lipinski definition) is 0. The number of benzene rings is 10. The van der Waals surface area contributed by atoms with Crippen LogP contribution < -0.4 is 0 Å². The average molecular weight is 709 g/mol. The maximum absolute atomic E-state index is 5.22. The predicted octanol–water partition coefficient (Wildman–Crippen LogP) is 14.6. The molecule has 0 amide bonds. The first-order valence-electron chi connectivity index (χ1n) is 19.2. The fourth-order valence-electron chi connectivity index (χ4n) is 9.19. The molecule has 2 nitrogen and oxygen atoms in total. The molecule has 258 valence electrons. The Labute approximate surface area is 324 Å². The molecule has 0 spiro atoms. The number of fused-ring (bicyclic) bond motifs is 7. The van der Waals surface area contributed by atoms with E-state index in [1.807, 2.05) is 6.20 Å². The molecule has 0 bridgehead atoms. The van der Waals surface area contributed by atoms with Crippen LogP contribution in [0.25, 0.3) is 121 Å². The highest BCUT2D eigenvalue weighted by molar-refractivity contribution is 6.22. The standard InChI is InChI=1S/C54H32N2/c1-3-12-36-28-40(24-22-33(36)10-1)51-43-18-5-6-19-44(43)52(41-25-23-34-11-2-4-13-37(34)29-41)48-31-39(26-27-46(48)51)38-16-7-17-42(30-38)54-55-32-49-45-20-8-14-35-15-9-21-47(50(35)45)53(49)56-54/h1-32H. The van der Waals surface area contributed by atoms with E-state index in [1.165, 1.54) is 87.2 Å². The molecular weight excluding hydrogens is 677 g/mol. The van der Waals surface area contributed by atoms with Crippen molar-refractivity contribution in [3.63, 3.8) is 0 Å². The van der Waals surface area contributed by atoms with Gasteiger partial charge in [0.15, 0.2) is 5.82 Å². The number of rotatable bonds is 4. The highest BCUT2D eigenvalue weighted by Crippen LogP contribution is 2.48. The molecule has 0 fully saturated rings. The number of hydrogen-bond acceptors (Lipinski definition) is 2. The van der Waals surface area contributed by atoms with Gasteiger partial charge in [0, 0.05) is 22.9 Å². The average Bonchev–Trinajstić information content (AvgIpc) is 3.59. The van der Waals surface area contributed by atoms with E-state index in [1.54, 1.807) is 0 Å². The van der Waals surface area contributed by atoms with Gasteiger partial charge in [0.2, 0.25) is 0 Å². The highest BCUT2D eigenvalue weighted by Gasteiger charge is 2.24. The second-order valence-electron chi connectivity index (χ2n) is 14.9. The minimum Gasteiger partial charge on any atom is -0.236 e. The minimum atomic E-state index is 0.734. The van der Waals surface area contributed by atoms with Gasteiger partial charge in [0.25, 0.3) is 0 Å². The topological polar surface area (TPSA) is 25.8 Å². The van der Waals surface area contributed by atoms with Crippen molar-refractivity contribution < 1.29 is 0 Å². The van der Waals surface area contributed by atoms with Gasteiger partial charge in [-0.2, -0.15) is 0 Å². The van der Waals surface area contributed by atoms with E-state index in [-0.39, 0.29) is 0 Å². The van der Waals surface area contributed by atoms with Gasteiger partial charge in [0.05, 0.1) is 5.69 Å². The lowest BCUT2D eigenvalue weighted by Gasteiger charge is -2.19. The van der Waals surface area contributed by atoms with Gasteiger partial charge in [0.1, 0.15) is 0 Å². The zero-order chi connectivity index (χ0) is 36.7. The van der Waals surface area contributed by atoms with Crippen LogP contribution in [-0.2, 0) is 0 Å².